The van der Waals surface area contributed by atoms with Gasteiger partial charge in [0.2, 0.25) is 12.6 Å². The van der Waals surface area contributed by atoms with Crippen molar-refractivity contribution >= 4 is 17.6 Å². The number of anilines is 1. The van der Waals surface area contributed by atoms with Crippen LogP contribution in [0.15, 0.2) is 85.0 Å². The van der Waals surface area contributed by atoms with Crippen molar-refractivity contribution in [2.24, 2.45) is 23.7 Å². The van der Waals surface area contributed by atoms with Gasteiger partial charge in [-0.2, -0.15) is 0 Å². The van der Waals surface area contributed by atoms with Gasteiger partial charge in [-0.15, -0.1) is 13.2 Å². The van der Waals surface area contributed by atoms with Crippen LogP contribution < -0.4 is 4.90 Å². The molecule has 0 aromatic heterocycles. The van der Waals surface area contributed by atoms with Crippen LogP contribution in [0.1, 0.15) is 18.4 Å². The normalized spacial score (nSPS) is 42.8. The van der Waals surface area contributed by atoms with Gasteiger partial charge < -0.3 is 89.1 Å². The van der Waals surface area contributed by atoms with Crippen molar-refractivity contribution in [2.45, 2.75) is 105 Å². The summed E-state index contributed by atoms with van der Waals surface area (Å²) >= 11 is 0. The fourth-order valence-electron chi connectivity index (χ4n) is 10.4. The summed E-state index contributed by atoms with van der Waals surface area (Å²) in [5.41, 5.74) is 0.188. The number of aliphatic hydroxyl groups is 9. The second-order valence-corrected chi connectivity index (χ2v) is 16.9. The summed E-state index contributed by atoms with van der Waals surface area (Å²) in [6.45, 7) is 6.82. The molecule has 7 heterocycles. The van der Waals surface area contributed by atoms with Gasteiger partial charge in [0, 0.05) is 47.8 Å². The molecule has 19 unspecified atom stereocenters. The third kappa shape index (κ3) is 7.55. The fraction of sp³-hybridized carbons (Fsp3) is 0.581. The SMILES string of the molecule is C=CC1C(OC2OC(CO)C(O)C(O)C2O)OC=C(C(=O)O)C1CC1C(C2C(C(=O)OC)=COC(OC3OC(CO)C(O)C(O)C3O)C2C=C)=CN2c3ccccc3C3(O)CCN1C23. The summed E-state index contributed by atoms with van der Waals surface area (Å²) in [7, 11) is 1.18. The Morgan fingerprint density at radius 3 is 1.92 bits per heavy atom. The number of ether oxygens (including phenoxy) is 7. The van der Waals surface area contributed by atoms with Crippen LogP contribution in [0.25, 0.3) is 0 Å². The molecule has 0 aliphatic carbocycles. The minimum Gasteiger partial charge on any atom is -0.478 e. The van der Waals surface area contributed by atoms with Gasteiger partial charge in [-0.3, -0.25) is 4.90 Å². The second-order valence-electron chi connectivity index (χ2n) is 16.9. The van der Waals surface area contributed by atoms with E-state index in [0.717, 1.165) is 12.5 Å². The molecule has 0 amide bonds. The molecule has 7 aliphatic rings. The topological polar surface area (TPSA) is 308 Å². The first-order chi connectivity index (χ1) is 30.6. The molecule has 64 heavy (non-hydrogen) atoms. The predicted molar refractivity (Wildman–Crippen MR) is 214 cm³/mol. The Bertz CT molecular complexity index is 2040. The number of rotatable bonds is 13. The molecular weight excluding hydrogens is 848 g/mol. The number of aliphatic carboxylic acids is 1. The highest BCUT2D eigenvalue weighted by molar-refractivity contribution is 5.90. The number of carboxylic acids is 1. The largest absolute Gasteiger partial charge is 0.478 e. The quantitative estimate of drug-likeness (QED) is 0.0728. The van der Waals surface area contributed by atoms with Gasteiger partial charge in [0.1, 0.15) is 60.6 Å². The summed E-state index contributed by atoms with van der Waals surface area (Å²) in [5, 5.41) is 106. The monoisotopic (exact) mass is 902 g/mol. The molecule has 0 spiro atoms. The Labute approximate surface area is 366 Å². The molecule has 8 rings (SSSR count). The Balaban J connectivity index is 1.21. The second kappa shape index (κ2) is 18.2. The Morgan fingerprint density at radius 2 is 1.38 bits per heavy atom. The van der Waals surface area contributed by atoms with E-state index in [4.69, 9.17) is 33.2 Å². The lowest BCUT2D eigenvalue weighted by Crippen LogP contribution is -2.61. The Kier molecular flexibility index (Phi) is 13.1. The van der Waals surface area contributed by atoms with E-state index >= 15 is 0 Å². The van der Waals surface area contributed by atoms with Crippen LogP contribution >= 0.6 is 0 Å². The van der Waals surface area contributed by atoms with Crippen LogP contribution in [0.4, 0.5) is 5.69 Å². The van der Waals surface area contributed by atoms with Crippen LogP contribution in [0.3, 0.4) is 0 Å². The highest BCUT2D eigenvalue weighted by atomic mass is 16.8. The minimum atomic E-state index is -1.81. The smallest absolute Gasteiger partial charge is 0.337 e. The van der Waals surface area contributed by atoms with E-state index in [1.807, 2.05) is 34.1 Å². The van der Waals surface area contributed by atoms with E-state index in [2.05, 4.69) is 13.2 Å². The number of aliphatic hydroxyl groups excluding tert-OH is 8. The van der Waals surface area contributed by atoms with Crippen molar-refractivity contribution in [3.63, 3.8) is 0 Å². The van der Waals surface area contributed by atoms with Gasteiger partial charge in [0.05, 0.1) is 49.9 Å². The van der Waals surface area contributed by atoms with E-state index in [0.29, 0.717) is 16.8 Å². The van der Waals surface area contributed by atoms with Crippen LogP contribution in [0.5, 0.6) is 0 Å². The van der Waals surface area contributed by atoms with Gasteiger partial charge in [-0.1, -0.05) is 30.4 Å². The number of nitrogens with zero attached hydrogens (tertiary/aromatic N) is 2. The first kappa shape index (κ1) is 46.2. The van der Waals surface area contributed by atoms with E-state index in [-0.39, 0.29) is 30.5 Å². The summed E-state index contributed by atoms with van der Waals surface area (Å²) < 4.78 is 40.4. The first-order valence-electron chi connectivity index (χ1n) is 20.9. The number of carbonyl (C=O) groups excluding carboxylic acids is 1. The molecule has 0 radical (unpaired) electrons. The predicted octanol–water partition coefficient (Wildman–Crippen LogP) is -2.41. The molecule has 3 fully saturated rings. The van der Waals surface area contributed by atoms with Crippen LogP contribution in [0.2, 0.25) is 0 Å². The van der Waals surface area contributed by atoms with Crippen LogP contribution in [-0.4, -0.2) is 181 Å². The van der Waals surface area contributed by atoms with Crippen LogP contribution in [-0.2, 0) is 48.3 Å². The molecule has 21 nitrogen and oxygen atoms in total. The summed E-state index contributed by atoms with van der Waals surface area (Å²) in [4.78, 5) is 30.8. The molecule has 0 bridgehead atoms. The van der Waals surface area contributed by atoms with Crippen molar-refractivity contribution in [2.75, 3.05) is 31.8 Å². The Hall–Kier alpha value is -4.30. The Morgan fingerprint density at radius 1 is 0.812 bits per heavy atom. The summed E-state index contributed by atoms with van der Waals surface area (Å²) in [6.07, 6.45) is -13.1. The third-order valence-electron chi connectivity index (χ3n) is 13.6. The number of hydrogen-bond donors (Lipinski definition) is 10. The standard InChI is InChI=1S/C43H54N2O19/c1-4-18-20(22(36(54)55)16-59-38(18)63-40-34(52)32(50)30(48)27(14-46)61-40)12-26-21(13-45-25-9-7-6-8-24(25)43(57)10-11-44(26)42(43)45)29-19(5-2)39(60-17-23(29)37(56)58-3)64-41-35(53)33(51)31(49)28(15-47)62-41/h4-9,13,16-20,26-35,38-42,46-53,57H,1-2,10-12,14-15H2,3H3,(H,54,55). The number of para-hydroxylation sites is 1. The zero-order valence-electron chi connectivity index (χ0n) is 34.6. The maximum atomic E-state index is 13.8. The van der Waals surface area contributed by atoms with Crippen molar-refractivity contribution in [1.29, 1.82) is 0 Å². The average molecular weight is 903 g/mol. The van der Waals surface area contributed by atoms with Crippen molar-refractivity contribution in [1.82, 2.24) is 4.90 Å². The minimum absolute atomic E-state index is 0.0113. The number of hydrogen-bond acceptors (Lipinski definition) is 20. The maximum Gasteiger partial charge on any atom is 0.337 e. The van der Waals surface area contributed by atoms with Crippen molar-refractivity contribution < 1.29 is 93.8 Å². The van der Waals surface area contributed by atoms with E-state index in [1.165, 1.54) is 19.3 Å². The van der Waals surface area contributed by atoms with E-state index < -0.39 is 141 Å². The number of benzene rings is 1. The molecule has 1 aromatic rings. The molecule has 0 saturated carbocycles. The zero-order chi connectivity index (χ0) is 45.9. The van der Waals surface area contributed by atoms with Gasteiger partial charge in [0.15, 0.2) is 12.6 Å². The fourth-order valence-corrected chi connectivity index (χ4v) is 10.4. The molecule has 21 heteroatoms. The molecule has 7 aliphatic heterocycles. The van der Waals surface area contributed by atoms with E-state index in [9.17, 15) is 60.7 Å². The molecule has 10 N–H and O–H groups in total. The highest BCUT2D eigenvalue weighted by Crippen LogP contribution is 2.57. The van der Waals surface area contributed by atoms with Gasteiger partial charge in [-0.05, 0) is 24.5 Å². The molecule has 1 aromatic carbocycles. The number of methoxy groups -OCH3 is 1. The van der Waals surface area contributed by atoms with Gasteiger partial charge in [0.25, 0.3) is 0 Å². The van der Waals surface area contributed by atoms with Gasteiger partial charge in [-0.25, -0.2) is 9.59 Å². The zero-order valence-corrected chi connectivity index (χ0v) is 34.6. The van der Waals surface area contributed by atoms with Crippen molar-refractivity contribution in [3.8, 4) is 0 Å². The van der Waals surface area contributed by atoms with Crippen LogP contribution in [0, 0.1) is 23.7 Å². The lowest BCUT2D eigenvalue weighted by Gasteiger charge is -2.50. The third-order valence-corrected chi connectivity index (χ3v) is 13.6. The summed E-state index contributed by atoms with van der Waals surface area (Å²) in [6, 6.07) is 6.45. The molecule has 350 valence electrons. The molecule has 3 saturated heterocycles. The lowest BCUT2D eigenvalue weighted by atomic mass is 9.71. The number of carbonyl (C=O) groups is 2. The van der Waals surface area contributed by atoms with Gasteiger partial charge >= 0.3 is 11.9 Å². The van der Waals surface area contributed by atoms with Crippen molar-refractivity contribution in [3.05, 3.63) is 90.6 Å². The molecule has 19 atom stereocenters. The lowest BCUT2D eigenvalue weighted by molar-refractivity contribution is -0.339. The first-order valence-corrected chi connectivity index (χ1v) is 20.9. The number of fused-ring (bicyclic) bond motifs is 3. The number of esters is 1. The molecular formula is C43H54N2O19. The average Bonchev–Trinajstić information content (AvgIpc) is 3.78. The maximum absolute atomic E-state index is 13.8. The summed E-state index contributed by atoms with van der Waals surface area (Å²) in [5.74, 6) is -6.29. The number of carboxylic acid groups (broad SMARTS) is 1. The highest BCUT2D eigenvalue weighted by Gasteiger charge is 2.62. The van der Waals surface area contributed by atoms with E-state index in [1.54, 1.807) is 6.20 Å².